The van der Waals surface area contributed by atoms with Crippen molar-refractivity contribution in [2.75, 3.05) is 19.5 Å². The summed E-state index contributed by atoms with van der Waals surface area (Å²) in [6.45, 7) is 6.89. The van der Waals surface area contributed by atoms with Gasteiger partial charge >= 0.3 is 5.97 Å². The van der Waals surface area contributed by atoms with Gasteiger partial charge in [0.05, 0.1) is 19.8 Å². The highest BCUT2D eigenvalue weighted by molar-refractivity contribution is 5.89. The number of benzene rings is 2. The molecule has 0 aromatic heterocycles. The van der Waals surface area contributed by atoms with E-state index in [1.165, 1.54) is 64.9 Å². The Balaban J connectivity index is 1.89. The monoisotopic (exact) mass is 477 g/mol. The van der Waals surface area contributed by atoms with Crippen molar-refractivity contribution in [1.29, 1.82) is 0 Å². The number of ether oxygens (including phenoxy) is 2. The summed E-state index contributed by atoms with van der Waals surface area (Å²) in [6, 6.07) is 16.4. The van der Waals surface area contributed by atoms with E-state index in [4.69, 9.17) is 9.47 Å². The van der Waals surface area contributed by atoms with Crippen LogP contribution in [-0.4, -0.2) is 26.2 Å². The van der Waals surface area contributed by atoms with E-state index < -0.39 is 0 Å². The van der Waals surface area contributed by atoms with E-state index in [0.29, 0.717) is 23.4 Å². The molecule has 3 rings (SSSR count). The Labute approximate surface area is 212 Å². The molecule has 0 spiro atoms. The lowest BCUT2D eigenvalue weighted by Crippen LogP contribution is -2.38. The zero-order chi connectivity index (χ0) is 25.0. The van der Waals surface area contributed by atoms with E-state index in [9.17, 15) is 4.79 Å². The van der Waals surface area contributed by atoms with Crippen LogP contribution in [0.25, 0.3) is 5.57 Å². The number of carbonyl (C=O) groups is 1. The first-order chi connectivity index (χ1) is 17.1. The van der Waals surface area contributed by atoms with Gasteiger partial charge in [-0.25, -0.2) is 4.79 Å². The summed E-state index contributed by atoms with van der Waals surface area (Å²) in [4.78, 5) is 11.9. The van der Waals surface area contributed by atoms with Crippen molar-refractivity contribution in [3.8, 4) is 5.75 Å². The van der Waals surface area contributed by atoms with Crippen molar-refractivity contribution in [2.45, 2.75) is 77.2 Å². The number of nitrogens with one attached hydrogen (secondary N) is 1. The number of hydrogen-bond donors (Lipinski definition) is 1. The molecule has 0 amide bonds. The minimum absolute atomic E-state index is 0.306. The standard InChI is InChI=1S/C31H43NO3/c1-5-6-7-11-14-29(23(2)24-15-17-26(18-16-24)31(33)35-4)30(25-12-9-8-10-13-25)32-27-19-21-28(34-3)22-20-27/h15-22,25,29-30,32H,2,5-14H2,1,3-4H3. The van der Waals surface area contributed by atoms with Crippen LogP contribution in [0.3, 0.4) is 0 Å². The molecule has 1 aliphatic carbocycles. The molecule has 4 nitrogen and oxygen atoms in total. The topological polar surface area (TPSA) is 47.6 Å². The minimum atomic E-state index is -0.306. The van der Waals surface area contributed by atoms with Crippen LogP contribution in [-0.2, 0) is 4.74 Å². The molecule has 2 atom stereocenters. The Morgan fingerprint density at radius 3 is 2.20 bits per heavy atom. The summed E-state index contributed by atoms with van der Waals surface area (Å²) in [6.07, 6.45) is 12.5. The van der Waals surface area contributed by atoms with Gasteiger partial charge < -0.3 is 14.8 Å². The van der Waals surface area contributed by atoms with Gasteiger partial charge in [-0.1, -0.05) is 70.6 Å². The fourth-order valence-electron chi connectivity index (χ4n) is 5.43. The second kappa shape index (κ2) is 14.0. The average Bonchev–Trinajstić information content (AvgIpc) is 2.92. The van der Waals surface area contributed by atoms with Gasteiger partial charge in [-0.3, -0.25) is 0 Å². The summed E-state index contributed by atoms with van der Waals surface area (Å²) in [7, 11) is 3.12. The lowest BCUT2D eigenvalue weighted by molar-refractivity contribution is 0.0600. The number of anilines is 1. The first kappa shape index (κ1) is 26.8. The average molecular weight is 478 g/mol. The number of unbranched alkanes of at least 4 members (excludes halogenated alkanes) is 3. The summed E-state index contributed by atoms with van der Waals surface area (Å²) in [5.74, 6) is 1.50. The Kier molecular flexibility index (Phi) is 10.7. The fourth-order valence-corrected chi connectivity index (χ4v) is 5.43. The van der Waals surface area contributed by atoms with Gasteiger partial charge in [0.2, 0.25) is 0 Å². The van der Waals surface area contributed by atoms with E-state index in [0.717, 1.165) is 29.0 Å². The van der Waals surface area contributed by atoms with Crippen LogP contribution in [0, 0.1) is 11.8 Å². The Morgan fingerprint density at radius 2 is 1.60 bits per heavy atom. The molecule has 4 heteroatoms. The Morgan fingerprint density at radius 1 is 0.943 bits per heavy atom. The highest BCUT2D eigenvalue weighted by Crippen LogP contribution is 2.39. The van der Waals surface area contributed by atoms with Gasteiger partial charge in [-0.15, -0.1) is 0 Å². The Bertz CT molecular complexity index is 913. The SMILES string of the molecule is C=C(c1ccc(C(=O)OC)cc1)C(CCCCCC)C(Nc1ccc(OC)cc1)C1CCCCC1. The lowest BCUT2D eigenvalue weighted by atomic mass is 9.73. The number of esters is 1. The fraction of sp³-hybridized carbons (Fsp3) is 0.516. The first-order valence-corrected chi connectivity index (χ1v) is 13.4. The molecule has 1 aliphatic rings. The lowest BCUT2D eigenvalue weighted by Gasteiger charge is -2.38. The van der Waals surface area contributed by atoms with E-state index in [-0.39, 0.29) is 5.97 Å². The summed E-state index contributed by atoms with van der Waals surface area (Å²) in [5, 5.41) is 3.94. The largest absolute Gasteiger partial charge is 0.497 e. The van der Waals surface area contributed by atoms with Gasteiger partial charge in [-0.05, 0) is 72.7 Å². The molecule has 0 aliphatic heterocycles. The third kappa shape index (κ3) is 7.62. The molecule has 2 aromatic rings. The molecule has 0 bridgehead atoms. The van der Waals surface area contributed by atoms with Gasteiger partial charge in [0.15, 0.2) is 0 Å². The molecule has 1 saturated carbocycles. The molecule has 0 heterocycles. The molecule has 190 valence electrons. The van der Waals surface area contributed by atoms with E-state index in [1.54, 1.807) is 7.11 Å². The normalized spacial score (nSPS) is 15.7. The van der Waals surface area contributed by atoms with Crippen LogP contribution in [0.15, 0.2) is 55.1 Å². The number of carbonyl (C=O) groups excluding carboxylic acids is 1. The van der Waals surface area contributed by atoms with Gasteiger partial charge in [0.25, 0.3) is 0 Å². The summed E-state index contributed by atoms with van der Waals surface area (Å²) < 4.78 is 10.3. The van der Waals surface area contributed by atoms with Crippen molar-refractivity contribution >= 4 is 17.2 Å². The van der Waals surface area contributed by atoms with Crippen LogP contribution in [0.5, 0.6) is 5.75 Å². The maximum atomic E-state index is 11.9. The van der Waals surface area contributed by atoms with Crippen LogP contribution in [0.4, 0.5) is 5.69 Å². The van der Waals surface area contributed by atoms with Crippen LogP contribution in [0.1, 0.15) is 87.1 Å². The highest BCUT2D eigenvalue weighted by Gasteiger charge is 2.32. The predicted octanol–water partition coefficient (Wildman–Crippen LogP) is 8.14. The van der Waals surface area contributed by atoms with Crippen molar-refractivity contribution in [2.24, 2.45) is 11.8 Å². The third-order valence-electron chi connectivity index (χ3n) is 7.51. The van der Waals surface area contributed by atoms with Crippen molar-refractivity contribution < 1.29 is 14.3 Å². The second-order valence-electron chi connectivity index (χ2n) is 9.85. The molecular formula is C31H43NO3. The first-order valence-electron chi connectivity index (χ1n) is 13.4. The quantitative estimate of drug-likeness (QED) is 0.234. The minimum Gasteiger partial charge on any atom is -0.497 e. The molecule has 0 saturated heterocycles. The molecule has 1 fully saturated rings. The van der Waals surface area contributed by atoms with Crippen molar-refractivity contribution in [1.82, 2.24) is 0 Å². The van der Waals surface area contributed by atoms with Crippen LogP contribution in [0.2, 0.25) is 0 Å². The van der Waals surface area contributed by atoms with Crippen LogP contribution < -0.4 is 10.1 Å². The number of methoxy groups -OCH3 is 2. The number of hydrogen-bond acceptors (Lipinski definition) is 4. The van der Waals surface area contributed by atoms with Crippen molar-refractivity contribution in [3.63, 3.8) is 0 Å². The molecule has 2 aromatic carbocycles. The summed E-state index contributed by atoms with van der Waals surface area (Å²) >= 11 is 0. The molecule has 0 radical (unpaired) electrons. The maximum absolute atomic E-state index is 11.9. The maximum Gasteiger partial charge on any atom is 0.337 e. The smallest absolute Gasteiger partial charge is 0.337 e. The zero-order valence-corrected chi connectivity index (χ0v) is 21.9. The Hall–Kier alpha value is -2.75. The van der Waals surface area contributed by atoms with Crippen molar-refractivity contribution in [3.05, 3.63) is 66.2 Å². The van der Waals surface area contributed by atoms with Crippen LogP contribution >= 0.6 is 0 Å². The zero-order valence-electron chi connectivity index (χ0n) is 21.9. The number of rotatable bonds is 13. The van der Waals surface area contributed by atoms with E-state index in [1.807, 2.05) is 36.4 Å². The van der Waals surface area contributed by atoms with Gasteiger partial charge in [-0.2, -0.15) is 0 Å². The van der Waals surface area contributed by atoms with Gasteiger partial charge in [0.1, 0.15) is 5.75 Å². The highest BCUT2D eigenvalue weighted by atomic mass is 16.5. The predicted molar refractivity (Wildman–Crippen MR) is 146 cm³/mol. The third-order valence-corrected chi connectivity index (χ3v) is 7.51. The van der Waals surface area contributed by atoms with E-state index >= 15 is 0 Å². The second-order valence-corrected chi connectivity index (χ2v) is 9.85. The van der Waals surface area contributed by atoms with E-state index in [2.05, 4.69) is 31.0 Å². The molecule has 1 N–H and O–H groups in total. The van der Waals surface area contributed by atoms with Gasteiger partial charge in [0, 0.05) is 17.6 Å². The molecule has 35 heavy (non-hydrogen) atoms. The summed E-state index contributed by atoms with van der Waals surface area (Å²) in [5.41, 5.74) is 3.97. The molecular weight excluding hydrogens is 434 g/mol. The molecule has 2 unspecified atom stereocenters.